The van der Waals surface area contributed by atoms with Crippen LogP contribution < -0.4 is 5.73 Å². The van der Waals surface area contributed by atoms with Crippen molar-refractivity contribution in [1.82, 2.24) is 15.0 Å². The minimum Gasteiger partial charge on any atom is -0.398 e. The number of hydrogen-bond acceptors (Lipinski definition) is 3. The Labute approximate surface area is 125 Å². The van der Waals surface area contributed by atoms with Gasteiger partial charge < -0.3 is 5.73 Å². The molecule has 0 atom stereocenters. The molecule has 0 unspecified atom stereocenters. The lowest BCUT2D eigenvalue weighted by Crippen LogP contribution is -1.98. The molecule has 0 amide bonds. The molecule has 2 N–H and O–H groups in total. The van der Waals surface area contributed by atoms with E-state index < -0.39 is 0 Å². The smallest absolute Gasteiger partial charge is 0.115 e. The zero-order valence-electron chi connectivity index (χ0n) is 9.14. The molecule has 0 saturated carbocycles. The highest BCUT2D eigenvalue weighted by Gasteiger charge is 2.07. The van der Waals surface area contributed by atoms with Crippen LogP contribution in [-0.4, -0.2) is 15.0 Å². The van der Waals surface area contributed by atoms with Gasteiger partial charge in [-0.1, -0.05) is 6.07 Å². The molecule has 90 valence electrons. The number of anilines is 1. The number of aromatic nitrogens is 3. The van der Waals surface area contributed by atoms with Gasteiger partial charge in [-0.2, -0.15) is 4.80 Å². The summed E-state index contributed by atoms with van der Waals surface area (Å²) in [6.45, 7) is 0. The first kappa shape index (κ1) is 11.9. The number of benzene rings is 2. The van der Waals surface area contributed by atoms with E-state index in [9.17, 15) is 0 Å². The van der Waals surface area contributed by atoms with Crippen molar-refractivity contribution in [3.63, 3.8) is 0 Å². The molecule has 0 aliphatic heterocycles. The second-order valence-corrected chi connectivity index (χ2v) is 5.93. The lowest BCUT2D eigenvalue weighted by atomic mass is 10.3. The third-order valence-corrected chi connectivity index (χ3v) is 3.90. The molecular weight excluding hydrogens is 407 g/mol. The first-order chi connectivity index (χ1) is 8.63. The minimum atomic E-state index is 0.664. The topological polar surface area (TPSA) is 56.7 Å². The zero-order valence-corrected chi connectivity index (χ0v) is 12.9. The Morgan fingerprint density at radius 1 is 1.11 bits per heavy atom. The molecule has 0 bridgehead atoms. The van der Waals surface area contributed by atoms with Crippen molar-refractivity contribution in [2.24, 2.45) is 0 Å². The largest absolute Gasteiger partial charge is 0.398 e. The molecule has 1 aromatic heterocycles. The Kier molecular flexibility index (Phi) is 2.98. The monoisotopic (exact) mass is 414 g/mol. The molecule has 3 aromatic rings. The Hall–Kier alpha value is -1.15. The Bertz CT molecular complexity index is 699. The highest BCUT2D eigenvalue weighted by atomic mass is 127. The molecule has 1 heterocycles. The lowest BCUT2D eigenvalue weighted by Gasteiger charge is -1.98. The van der Waals surface area contributed by atoms with Gasteiger partial charge in [-0.05, 0) is 68.9 Å². The van der Waals surface area contributed by atoms with E-state index in [-0.39, 0.29) is 0 Å². The molecule has 0 radical (unpaired) electrons. The molecule has 0 aliphatic rings. The predicted octanol–water partition coefficient (Wildman–Crippen LogP) is 3.37. The molecule has 0 spiro atoms. The van der Waals surface area contributed by atoms with Crippen LogP contribution in [0.1, 0.15) is 0 Å². The first-order valence-electron chi connectivity index (χ1n) is 5.21. The second kappa shape index (κ2) is 4.51. The first-order valence-corrected chi connectivity index (χ1v) is 7.09. The van der Waals surface area contributed by atoms with Crippen molar-refractivity contribution in [1.29, 1.82) is 0 Å². The van der Waals surface area contributed by atoms with Gasteiger partial charge in [0.1, 0.15) is 11.0 Å². The normalized spacial score (nSPS) is 11.0. The van der Waals surface area contributed by atoms with Gasteiger partial charge in [0, 0.05) is 13.7 Å². The third kappa shape index (κ3) is 2.10. The molecule has 0 fully saturated rings. The van der Waals surface area contributed by atoms with Crippen LogP contribution in [0.2, 0.25) is 0 Å². The Morgan fingerprint density at radius 3 is 2.56 bits per heavy atom. The minimum absolute atomic E-state index is 0.664. The van der Waals surface area contributed by atoms with Crippen molar-refractivity contribution >= 4 is 55.2 Å². The van der Waals surface area contributed by atoms with E-state index >= 15 is 0 Å². The maximum absolute atomic E-state index is 5.83. The van der Waals surface area contributed by atoms with Crippen molar-refractivity contribution in [3.05, 3.63) is 44.4 Å². The molecular formula is C12H8BrIN4. The molecule has 0 aliphatic carbocycles. The van der Waals surface area contributed by atoms with Crippen LogP contribution >= 0.6 is 38.5 Å². The van der Waals surface area contributed by atoms with E-state index in [1.165, 1.54) is 0 Å². The lowest BCUT2D eigenvalue weighted by molar-refractivity contribution is 0.765. The van der Waals surface area contributed by atoms with E-state index in [1.807, 2.05) is 36.4 Å². The number of nitrogens with zero attached hydrogens (tertiary/aromatic N) is 3. The fourth-order valence-corrected chi connectivity index (χ4v) is 2.53. The number of nitrogens with two attached hydrogens (primary N) is 1. The predicted molar refractivity (Wildman–Crippen MR) is 83.7 cm³/mol. The highest BCUT2D eigenvalue weighted by Crippen LogP contribution is 2.24. The summed E-state index contributed by atoms with van der Waals surface area (Å²) >= 11 is 5.66. The van der Waals surface area contributed by atoms with Crippen LogP contribution in [0, 0.1) is 3.57 Å². The van der Waals surface area contributed by atoms with E-state index in [2.05, 4.69) is 48.7 Å². The summed E-state index contributed by atoms with van der Waals surface area (Å²) in [6.07, 6.45) is 0. The number of nitrogen functional groups attached to an aromatic ring is 1. The quantitative estimate of drug-likeness (QED) is 0.490. The highest BCUT2D eigenvalue weighted by molar-refractivity contribution is 14.1. The third-order valence-electron chi connectivity index (χ3n) is 2.54. The van der Waals surface area contributed by atoms with Crippen molar-refractivity contribution < 1.29 is 0 Å². The van der Waals surface area contributed by atoms with Crippen LogP contribution in [0.5, 0.6) is 0 Å². The van der Waals surface area contributed by atoms with E-state index in [0.29, 0.717) is 5.69 Å². The van der Waals surface area contributed by atoms with Gasteiger partial charge in [-0.15, -0.1) is 10.2 Å². The van der Waals surface area contributed by atoms with Gasteiger partial charge in [-0.25, -0.2) is 0 Å². The Morgan fingerprint density at radius 2 is 1.83 bits per heavy atom. The maximum atomic E-state index is 5.83. The number of halogens is 2. The zero-order chi connectivity index (χ0) is 12.7. The number of hydrogen-bond donors (Lipinski definition) is 1. The number of rotatable bonds is 1. The van der Waals surface area contributed by atoms with Crippen LogP contribution in [0.4, 0.5) is 5.69 Å². The van der Waals surface area contributed by atoms with Gasteiger partial charge in [0.2, 0.25) is 0 Å². The summed E-state index contributed by atoms with van der Waals surface area (Å²) in [4.78, 5) is 1.62. The number of fused-ring (bicyclic) bond motifs is 1. The summed E-state index contributed by atoms with van der Waals surface area (Å²) in [7, 11) is 0. The standard InChI is InChI=1S/C12H8BrIN4/c13-9-5-11-12(6-10(9)15)17-18(16-11)8-3-1-2-7(14)4-8/h1-6H,15H2. The van der Waals surface area contributed by atoms with Crippen molar-refractivity contribution in [3.8, 4) is 5.69 Å². The van der Waals surface area contributed by atoms with Crippen LogP contribution in [0.15, 0.2) is 40.9 Å². The van der Waals surface area contributed by atoms with Gasteiger partial charge >= 0.3 is 0 Å². The van der Waals surface area contributed by atoms with E-state index in [1.54, 1.807) is 4.80 Å². The molecule has 0 saturated heterocycles. The van der Waals surface area contributed by atoms with Crippen LogP contribution in [0.3, 0.4) is 0 Å². The van der Waals surface area contributed by atoms with Crippen LogP contribution in [0.25, 0.3) is 16.7 Å². The summed E-state index contributed by atoms with van der Waals surface area (Å²) in [6, 6.07) is 11.7. The van der Waals surface area contributed by atoms with Gasteiger partial charge in [0.05, 0.1) is 5.69 Å². The fourth-order valence-electron chi connectivity index (χ4n) is 1.67. The molecule has 4 nitrogen and oxygen atoms in total. The molecule has 3 rings (SSSR count). The van der Waals surface area contributed by atoms with Crippen molar-refractivity contribution in [2.75, 3.05) is 5.73 Å². The van der Waals surface area contributed by atoms with Gasteiger partial charge in [0.25, 0.3) is 0 Å². The summed E-state index contributed by atoms with van der Waals surface area (Å²) in [5, 5.41) is 8.87. The average Bonchev–Trinajstić information content (AvgIpc) is 2.73. The molecule has 2 aromatic carbocycles. The second-order valence-electron chi connectivity index (χ2n) is 3.83. The van der Waals surface area contributed by atoms with E-state index in [0.717, 1.165) is 24.8 Å². The average molecular weight is 415 g/mol. The summed E-state index contributed by atoms with van der Waals surface area (Å²) in [5.74, 6) is 0. The summed E-state index contributed by atoms with van der Waals surface area (Å²) < 4.78 is 1.98. The van der Waals surface area contributed by atoms with Crippen molar-refractivity contribution in [2.45, 2.75) is 0 Å². The van der Waals surface area contributed by atoms with Gasteiger partial charge in [0.15, 0.2) is 0 Å². The summed E-state index contributed by atoms with van der Waals surface area (Å²) in [5.41, 5.74) is 9.04. The van der Waals surface area contributed by atoms with Gasteiger partial charge in [-0.3, -0.25) is 0 Å². The fraction of sp³-hybridized carbons (Fsp3) is 0. The molecule has 6 heteroatoms. The maximum Gasteiger partial charge on any atom is 0.115 e. The SMILES string of the molecule is Nc1cc2nn(-c3cccc(I)c3)nc2cc1Br. The Balaban J connectivity index is 2.19. The van der Waals surface area contributed by atoms with E-state index in [4.69, 9.17) is 5.73 Å². The molecule has 18 heavy (non-hydrogen) atoms. The van der Waals surface area contributed by atoms with Crippen LogP contribution in [-0.2, 0) is 0 Å².